The molecule has 1 heterocycles. The molecular weight excluding hydrogens is 265 g/mol. The lowest BCUT2D eigenvalue weighted by Gasteiger charge is -2.14. The average molecular weight is 284 g/mol. The lowest BCUT2D eigenvalue weighted by atomic mass is 10.0. The van der Waals surface area contributed by atoms with Crippen molar-refractivity contribution in [3.8, 4) is 0 Å². The van der Waals surface area contributed by atoms with Gasteiger partial charge in [0.15, 0.2) is 0 Å². The highest BCUT2D eigenvalue weighted by molar-refractivity contribution is 5.83. The van der Waals surface area contributed by atoms with Crippen molar-refractivity contribution in [2.24, 2.45) is 5.73 Å². The van der Waals surface area contributed by atoms with Gasteiger partial charge in [-0.2, -0.15) is 13.2 Å². The van der Waals surface area contributed by atoms with Crippen LogP contribution in [0.2, 0.25) is 0 Å². The number of nitrogens with zero attached hydrogens (tertiary/aromatic N) is 1. The minimum Gasteiger partial charge on any atom is -0.347 e. The molecule has 0 aliphatic rings. The largest absolute Gasteiger partial charge is 0.390 e. The molecule has 0 radical (unpaired) electrons. The average Bonchev–Trinajstić information content (AvgIpc) is 2.79. The normalized spacial score (nSPS) is 13.8. The summed E-state index contributed by atoms with van der Waals surface area (Å²) in [7, 11) is 0. The van der Waals surface area contributed by atoms with Gasteiger partial charge in [-0.1, -0.05) is 25.1 Å². The Kier molecular flexibility index (Phi) is 4.38. The first kappa shape index (κ1) is 14.9. The van der Waals surface area contributed by atoms with E-state index in [1.807, 2.05) is 31.2 Å². The monoisotopic (exact) mass is 284 g/mol. The lowest BCUT2D eigenvalue weighted by Crippen LogP contribution is -2.22. The van der Waals surface area contributed by atoms with Gasteiger partial charge in [0.25, 0.3) is 0 Å². The number of nitrogens with two attached hydrogens (primary N) is 1. The first-order valence-electron chi connectivity index (χ1n) is 6.80. The number of aromatic nitrogens is 1. The molecule has 2 aromatic rings. The molecule has 0 saturated heterocycles. The fourth-order valence-corrected chi connectivity index (χ4v) is 2.37. The maximum Gasteiger partial charge on any atom is 0.390 e. The Labute approximate surface area is 116 Å². The van der Waals surface area contributed by atoms with E-state index < -0.39 is 12.6 Å². The van der Waals surface area contributed by atoms with E-state index >= 15 is 0 Å². The van der Waals surface area contributed by atoms with Crippen LogP contribution >= 0.6 is 0 Å². The third-order valence-corrected chi connectivity index (χ3v) is 3.51. The van der Waals surface area contributed by atoms with Crippen LogP contribution in [0.1, 0.15) is 25.3 Å². The zero-order valence-corrected chi connectivity index (χ0v) is 11.5. The van der Waals surface area contributed by atoms with E-state index in [1.165, 1.54) is 0 Å². The third-order valence-electron chi connectivity index (χ3n) is 3.51. The maximum atomic E-state index is 12.4. The van der Waals surface area contributed by atoms with Gasteiger partial charge >= 0.3 is 6.18 Å². The summed E-state index contributed by atoms with van der Waals surface area (Å²) >= 11 is 0. The summed E-state index contributed by atoms with van der Waals surface area (Å²) in [5.74, 6) is 0. The van der Waals surface area contributed by atoms with Gasteiger partial charge in [0.05, 0.1) is 11.9 Å². The van der Waals surface area contributed by atoms with Crippen LogP contribution in [0.5, 0.6) is 0 Å². The fourth-order valence-electron chi connectivity index (χ4n) is 2.37. The second kappa shape index (κ2) is 5.87. The standard InChI is InChI=1S/C15H19F3N2/c1-2-13(19)10-12-5-3-4-11-6-8-20(14(11)12)9-7-15(16,17)18/h3-6,8,13H,2,7,9-10,19H2,1H3. The van der Waals surface area contributed by atoms with Crippen molar-refractivity contribution in [2.75, 3.05) is 0 Å². The Morgan fingerprint density at radius 3 is 2.65 bits per heavy atom. The summed E-state index contributed by atoms with van der Waals surface area (Å²) in [5, 5.41) is 0.966. The molecule has 20 heavy (non-hydrogen) atoms. The summed E-state index contributed by atoms with van der Waals surface area (Å²) in [6.07, 6.45) is -1.70. The number of rotatable bonds is 5. The highest BCUT2D eigenvalue weighted by Gasteiger charge is 2.26. The van der Waals surface area contributed by atoms with Gasteiger partial charge in [0.2, 0.25) is 0 Å². The molecule has 0 saturated carbocycles. The van der Waals surface area contributed by atoms with Gasteiger partial charge in [-0.25, -0.2) is 0 Å². The molecular formula is C15H19F3N2. The molecule has 110 valence electrons. The van der Waals surface area contributed by atoms with E-state index in [-0.39, 0.29) is 12.6 Å². The van der Waals surface area contributed by atoms with E-state index in [0.29, 0.717) is 6.42 Å². The number of hydrogen-bond donors (Lipinski definition) is 1. The highest BCUT2D eigenvalue weighted by atomic mass is 19.4. The molecule has 2 rings (SSSR count). The third kappa shape index (κ3) is 3.54. The van der Waals surface area contributed by atoms with Crippen LogP contribution in [0.25, 0.3) is 10.9 Å². The Balaban J connectivity index is 2.31. The van der Waals surface area contributed by atoms with Gasteiger partial charge in [-0.3, -0.25) is 0 Å². The molecule has 1 aromatic heterocycles. The molecule has 1 unspecified atom stereocenters. The van der Waals surface area contributed by atoms with Crippen LogP contribution in [-0.4, -0.2) is 16.8 Å². The number of para-hydroxylation sites is 1. The summed E-state index contributed by atoms with van der Waals surface area (Å²) in [5.41, 5.74) is 7.86. The van der Waals surface area contributed by atoms with E-state index in [0.717, 1.165) is 22.9 Å². The van der Waals surface area contributed by atoms with Crippen LogP contribution in [0.3, 0.4) is 0 Å². The Morgan fingerprint density at radius 2 is 2.00 bits per heavy atom. The molecule has 5 heteroatoms. The van der Waals surface area contributed by atoms with Crippen molar-refractivity contribution in [2.45, 2.75) is 44.9 Å². The summed E-state index contributed by atoms with van der Waals surface area (Å²) in [6.45, 7) is 1.96. The highest BCUT2D eigenvalue weighted by Crippen LogP contribution is 2.25. The molecule has 1 atom stereocenters. The number of benzene rings is 1. The van der Waals surface area contributed by atoms with Crippen LogP contribution in [0.15, 0.2) is 30.5 Å². The van der Waals surface area contributed by atoms with Crippen molar-refractivity contribution in [1.82, 2.24) is 4.57 Å². The molecule has 0 aliphatic carbocycles. The zero-order chi connectivity index (χ0) is 14.8. The Bertz CT molecular complexity index is 572. The molecule has 0 amide bonds. The van der Waals surface area contributed by atoms with Crippen molar-refractivity contribution in [3.05, 3.63) is 36.0 Å². The van der Waals surface area contributed by atoms with Gasteiger partial charge in [-0.15, -0.1) is 0 Å². The van der Waals surface area contributed by atoms with Gasteiger partial charge in [0, 0.05) is 18.8 Å². The summed E-state index contributed by atoms with van der Waals surface area (Å²) in [6, 6.07) is 7.68. The van der Waals surface area contributed by atoms with Gasteiger partial charge in [-0.05, 0) is 29.9 Å². The van der Waals surface area contributed by atoms with Crippen LogP contribution < -0.4 is 5.73 Å². The van der Waals surface area contributed by atoms with Crippen LogP contribution in [-0.2, 0) is 13.0 Å². The number of aryl methyl sites for hydroxylation is 1. The van der Waals surface area contributed by atoms with Crippen molar-refractivity contribution in [3.63, 3.8) is 0 Å². The smallest absolute Gasteiger partial charge is 0.347 e. The van der Waals surface area contributed by atoms with E-state index in [2.05, 4.69) is 0 Å². The number of hydrogen-bond acceptors (Lipinski definition) is 1. The fraction of sp³-hybridized carbons (Fsp3) is 0.467. The minimum atomic E-state index is -4.13. The molecule has 0 aliphatic heterocycles. The topological polar surface area (TPSA) is 30.9 Å². The first-order chi connectivity index (χ1) is 9.40. The Hall–Kier alpha value is -1.49. The second-order valence-corrected chi connectivity index (χ2v) is 5.10. The number of fused-ring (bicyclic) bond motifs is 1. The number of alkyl halides is 3. The van der Waals surface area contributed by atoms with Gasteiger partial charge < -0.3 is 10.3 Å². The van der Waals surface area contributed by atoms with Crippen molar-refractivity contribution in [1.29, 1.82) is 0 Å². The molecule has 0 bridgehead atoms. The van der Waals surface area contributed by atoms with E-state index in [4.69, 9.17) is 5.73 Å². The summed E-state index contributed by atoms with van der Waals surface area (Å²) in [4.78, 5) is 0. The maximum absolute atomic E-state index is 12.4. The predicted molar refractivity (Wildman–Crippen MR) is 74.6 cm³/mol. The van der Waals surface area contributed by atoms with Crippen LogP contribution in [0, 0.1) is 0 Å². The zero-order valence-electron chi connectivity index (χ0n) is 11.5. The van der Waals surface area contributed by atoms with Gasteiger partial charge in [0.1, 0.15) is 0 Å². The minimum absolute atomic E-state index is 0.0339. The second-order valence-electron chi connectivity index (χ2n) is 5.10. The van der Waals surface area contributed by atoms with E-state index in [9.17, 15) is 13.2 Å². The molecule has 0 spiro atoms. The SMILES string of the molecule is CCC(N)Cc1cccc2ccn(CCC(F)(F)F)c12. The van der Waals surface area contributed by atoms with Crippen LogP contribution in [0.4, 0.5) is 13.2 Å². The molecule has 1 aromatic carbocycles. The van der Waals surface area contributed by atoms with Crippen molar-refractivity contribution < 1.29 is 13.2 Å². The molecule has 2 N–H and O–H groups in total. The Morgan fingerprint density at radius 1 is 1.25 bits per heavy atom. The number of halogens is 3. The first-order valence-corrected chi connectivity index (χ1v) is 6.80. The van der Waals surface area contributed by atoms with Crippen molar-refractivity contribution >= 4 is 10.9 Å². The molecule has 2 nitrogen and oxygen atoms in total. The summed E-state index contributed by atoms with van der Waals surface area (Å²) < 4.78 is 38.8. The van der Waals surface area contributed by atoms with E-state index in [1.54, 1.807) is 10.8 Å². The molecule has 0 fully saturated rings. The predicted octanol–water partition coefficient (Wildman–Crippen LogP) is 3.87. The quantitative estimate of drug-likeness (QED) is 0.887. The lowest BCUT2D eigenvalue weighted by molar-refractivity contribution is -0.136.